The smallest absolute Gasteiger partial charge is 0.239 e. The molecular weight excluding hydrogens is 240 g/mol. The van der Waals surface area contributed by atoms with Gasteiger partial charge in [0.2, 0.25) is 5.90 Å². The van der Waals surface area contributed by atoms with Gasteiger partial charge < -0.3 is 4.74 Å². The van der Waals surface area contributed by atoms with Gasteiger partial charge in [0, 0.05) is 6.54 Å². The van der Waals surface area contributed by atoms with Crippen LogP contribution in [0, 0.1) is 0 Å². The van der Waals surface area contributed by atoms with E-state index in [-0.39, 0.29) is 0 Å². The summed E-state index contributed by atoms with van der Waals surface area (Å²) in [5.74, 6) is 0.620. The number of aliphatic imine (C=N–C) groups is 1. The molecule has 0 fully saturated rings. The maximum absolute atomic E-state index is 5.36. The molecule has 0 saturated heterocycles. The summed E-state index contributed by atoms with van der Waals surface area (Å²) in [5, 5.41) is 8.18. The summed E-state index contributed by atoms with van der Waals surface area (Å²) in [4.78, 5) is 4.23. The summed E-state index contributed by atoms with van der Waals surface area (Å²) in [6.07, 6.45) is 3.99. The fraction of sp³-hybridized carbons (Fsp3) is 0.357. The highest BCUT2D eigenvalue weighted by Gasteiger charge is 2.13. The minimum Gasteiger partial charge on any atom is -0.474 e. The highest BCUT2D eigenvalue weighted by molar-refractivity contribution is 5.92. The molecular formula is C14H16N4O. The second-order valence-corrected chi connectivity index (χ2v) is 4.49. The Morgan fingerprint density at radius 2 is 2.11 bits per heavy atom. The summed E-state index contributed by atoms with van der Waals surface area (Å²) in [5.41, 5.74) is 2.09. The van der Waals surface area contributed by atoms with Crippen molar-refractivity contribution in [3.05, 3.63) is 47.8 Å². The molecule has 5 heteroatoms. The van der Waals surface area contributed by atoms with Gasteiger partial charge in [-0.2, -0.15) is 0 Å². The topological polar surface area (TPSA) is 52.3 Å². The van der Waals surface area contributed by atoms with Crippen molar-refractivity contribution in [3.63, 3.8) is 0 Å². The van der Waals surface area contributed by atoms with Crippen molar-refractivity contribution in [3.8, 4) is 0 Å². The first-order valence-corrected chi connectivity index (χ1v) is 6.53. The Balaban J connectivity index is 1.53. The Bertz CT molecular complexity index is 562. The Hall–Kier alpha value is -2.17. The monoisotopic (exact) mass is 256 g/mol. The normalized spacial score (nSPS) is 14.2. The molecule has 1 aliphatic rings. The molecule has 3 rings (SSSR count). The Morgan fingerprint density at radius 1 is 1.21 bits per heavy atom. The summed E-state index contributed by atoms with van der Waals surface area (Å²) < 4.78 is 7.21. The standard InChI is InChI=1S/C14H16N4O/c1-2-5-12(6-3-1)7-4-9-18-11-13(16-17-18)14-15-8-10-19-14/h1-3,5-6,11H,4,7-10H2. The molecule has 0 atom stereocenters. The van der Waals surface area contributed by atoms with Crippen LogP contribution in [0.5, 0.6) is 0 Å². The molecule has 5 nitrogen and oxygen atoms in total. The van der Waals surface area contributed by atoms with Crippen LogP contribution in [0.1, 0.15) is 17.7 Å². The first-order valence-electron chi connectivity index (χ1n) is 6.53. The van der Waals surface area contributed by atoms with Gasteiger partial charge in [-0.3, -0.25) is 4.68 Å². The lowest BCUT2D eigenvalue weighted by atomic mass is 10.1. The van der Waals surface area contributed by atoms with Crippen LogP contribution in [0.15, 0.2) is 41.5 Å². The van der Waals surface area contributed by atoms with Crippen molar-refractivity contribution < 1.29 is 4.74 Å². The molecule has 0 radical (unpaired) electrons. The lowest BCUT2D eigenvalue weighted by Crippen LogP contribution is -2.02. The third-order valence-corrected chi connectivity index (χ3v) is 3.04. The minimum absolute atomic E-state index is 0.620. The zero-order valence-corrected chi connectivity index (χ0v) is 10.7. The molecule has 0 unspecified atom stereocenters. The van der Waals surface area contributed by atoms with Crippen molar-refractivity contribution >= 4 is 5.90 Å². The molecule has 2 heterocycles. The molecule has 0 aliphatic carbocycles. The molecule has 1 aliphatic heterocycles. The number of ether oxygens (including phenoxy) is 1. The Labute approximate surface area is 111 Å². The van der Waals surface area contributed by atoms with E-state index in [0.29, 0.717) is 12.5 Å². The molecule has 2 aromatic rings. The molecule has 19 heavy (non-hydrogen) atoms. The third kappa shape index (κ3) is 2.99. The van der Waals surface area contributed by atoms with Gasteiger partial charge >= 0.3 is 0 Å². The van der Waals surface area contributed by atoms with Gasteiger partial charge in [-0.15, -0.1) is 5.10 Å². The number of benzene rings is 1. The lowest BCUT2D eigenvalue weighted by Gasteiger charge is -2.01. The first kappa shape index (κ1) is 11.9. The lowest BCUT2D eigenvalue weighted by molar-refractivity contribution is 0.347. The SMILES string of the molecule is c1ccc(CCCn2cc(C3=NCCO3)nn2)cc1. The van der Waals surface area contributed by atoms with Crippen LogP contribution in [-0.2, 0) is 17.7 Å². The van der Waals surface area contributed by atoms with Gasteiger partial charge in [0.15, 0.2) is 5.69 Å². The maximum Gasteiger partial charge on any atom is 0.239 e. The zero-order valence-electron chi connectivity index (χ0n) is 10.7. The molecule has 0 amide bonds. The Kier molecular flexibility index (Phi) is 3.54. The second kappa shape index (κ2) is 5.65. The molecule has 1 aromatic carbocycles. The summed E-state index contributed by atoms with van der Waals surface area (Å²) in [6, 6.07) is 10.5. The van der Waals surface area contributed by atoms with Gasteiger partial charge in [-0.1, -0.05) is 35.5 Å². The van der Waals surface area contributed by atoms with Crippen molar-refractivity contribution in [1.82, 2.24) is 15.0 Å². The number of rotatable bonds is 5. The third-order valence-electron chi connectivity index (χ3n) is 3.04. The fourth-order valence-corrected chi connectivity index (χ4v) is 2.09. The maximum atomic E-state index is 5.36. The second-order valence-electron chi connectivity index (χ2n) is 4.49. The van der Waals surface area contributed by atoms with E-state index in [9.17, 15) is 0 Å². The zero-order chi connectivity index (χ0) is 12.9. The van der Waals surface area contributed by atoms with E-state index in [2.05, 4.69) is 39.6 Å². The number of nitrogens with zero attached hydrogens (tertiary/aromatic N) is 4. The fourth-order valence-electron chi connectivity index (χ4n) is 2.09. The van der Waals surface area contributed by atoms with Crippen LogP contribution >= 0.6 is 0 Å². The van der Waals surface area contributed by atoms with E-state index in [1.54, 1.807) is 0 Å². The van der Waals surface area contributed by atoms with Gasteiger partial charge in [-0.25, -0.2) is 4.99 Å². The number of hydrogen-bond acceptors (Lipinski definition) is 4. The molecule has 1 aromatic heterocycles. The van der Waals surface area contributed by atoms with Crippen molar-refractivity contribution in [2.24, 2.45) is 4.99 Å². The average molecular weight is 256 g/mol. The molecule has 0 saturated carbocycles. The first-order chi connectivity index (χ1) is 9.42. The largest absolute Gasteiger partial charge is 0.474 e. The van der Waals surface area contributed by atoms with Gasteiger partial charge in [0.25, 0.3) is 0 Å². The van der Waals surface area contributed by atoms with Crippen molar-refractivity contribution in [2.45, 2.75) is 19.4 Å². The van der Waals surface area contributed by atoms with E-state index in [0.717, 1.165) is 31.6 Å². The highest BCUT2D eigenvalue weighted by Crippen LogP contribution is 2.06. The van der Waals surface area contributed by atoms with Crippen molar-refractivity contribution in [2.75, 3.05) is 13.2 Å². The minimum atomic E-state index is 0.620. The molecule has 0 spiro atoms. The van der Waals surface area contributed by atoms with Crippen LogP contribution in [0.4, 0.5) is 0 Å². The summed E-state index contributed by atoms with van der Waals surface area (Å²) >= 11 is 0. The highest BCUT2D eigenvalue weighted by atomic mass is 16.5. The van der Waals surface area contributed by atoms with Gasteiger partial charge in [0.1, 0.15) is 6.61 Å². The summed E-state index contributed by atoms with van der Waals surface area (Å²) in [6.45, 7) is 2.22. The average Bonchev–Trinajstić information content (AvgIpc) is 3.10. The van der Waals surface area contributed by atoms with Gasteiger partial charge in [0.05, 0.1) is 12.7 Å². The van der Waals surface area contributed by atoms with Crippen molar-refractivity contribution in [1.29, 1.82) is 0 Å². The molecule has 0 N–H and O–H groups in total. The van der Waals surface area contributed by atoms with Crippen LogP contribution in [0.2, 0.25) is 0 Å². The van der Waals surface area contributed by atoms with E-state index in [4.69, 9.17) is 4.74 Å². The van der Waals surface area contributed by atoms with E-state index < -0.39 is 0 Å². The quantitative estimate of drug-likeness (QED) is 0.818. The van der Waals surface area contributed by atoms with Crippen LogP contribution in [0.3, 0.4) is 0 Å². The van der Waals surface area contributed by atoms with Crippen LogP contribution < -0.4 is 0 Å². The van der Waals surface area contributed by atoms with Gasteiger partial charge in [-0.05, 0) is 18.4 Å². The Morgan fingerprint density at radius 3 is 2.89 bits per heavy atom. The number of hydrogen-bond donors (Lipinski definition) is 0. The van der Waals surface area contributed by atoms with E-state index in [1.165, 1.54) is 5.56 Å². The predicted molar refractivity (Wildman–Crippen MR) is 72.1 cm³/mol. The molecule has 98 valence electrons. The van der Waals surface area contributed by atoms with E-state index >= 15 is 0 Å². The molecule has 0 bridgehead atoms. The number of aromatic nitrogens is 3. The predicted octanol–water partition coefficient (Wildman–Crippen LogP) is 1.69. The summed E-state index contributed by atoms with van der Waals surface area (Å²) in [7, 11) is 0. The number of aryl methyl sites for hydroxylation is 2. The van der Waals surface area contributed by atoms with E-state index in [1.807, 2.05) is 16.9 Å². The van der Waals surface area contributed by atoms with Crippen LogP contribution in [-0.4, -0.2) is 34.0 Å². The van der Waals surface area contributed by atoms with Crippen LogP contribution in [0.25, 0.3) is 0 Å².